The molecule has 0 aliphatic rings. The van der Waals surface area contributed by atoms with Gasteiger partial charge in [-0.05, 0) is 37.9 Å². The summed E-state index contributed by atoms with van der Waals surface area (Å²) in [5.74, 6) is -0.565. The Bertz CT molecular complexity index is 479. The first-order chi connectivity index (χ1) is 8.43. The van der Waals surface area contributed by atoms with Gasteiger partial charge in [-0.2, -0.15) is 0 Å². The number of carbonyl (C=O) groups excluding carboxylic acids is 1. The predicted molar refractivity (Wildman–Crippen MR) is 73.1 cm³/mol. The molecule has 0 radical (unpaired) electrons. The fourth-order valence-corrected chi connectivity index (χ4v) is 2.36. The number of urea groups is 1. The molecule has 0 saturated heterocycles. The van der Waals surface area contributed by atoms with Crippen LogP contribution in [0.15, 0.2) is 21.1 Å². The zero-order chi connectivity index (χ0) is 13.7. The van der Waals surface area contributed by atoms with E-state index >= 15 is 0 Å². The maximum Gasteiger partial charge on any atom is 0.323 e. The minimum absolute atomic E-state index is 0.447. The Morgan fingerprint density at radius 2 is 2.00 bits per heavy atom. The summed E-state index contributed by atoms with van der Waals surface area (Å²) >= 11 is 6.57. The van der Waals surface area contributed by atoms with Crippen molar-refractivity contribution in [3.8, 4) is 5.75 Å². The molecule has 0 aliphatic heterocycles. The van der Waals surface area contributed by atoms with E-state index in [0.717, 1.165) is 4.47 Å². The van der Waals surface area contributed by atoms with Gasteiger partial charge in [-0.25, -0.2) is 4.79 Å². The van der Waals surface area contributed by atoms with Crippen molar-refractivity contribution in [2.75, 3.05) is 19.0 Å². The molecule has 1 aromatic rings. The first-order valence-corrected chi connectivity index (χ1v) is 6.32. The SMILES string of the molecule is COc1cc(NC(=O)NCC(=O)O)c(Br)cc1Br. The summed E-state index contributed by atoms with van der Waals surface area (Å²) in [6.07, 6.45) is 0. The van der Waals surface area contributed by atoms with Crippen LogP contribution in [0.2, 0.25) is 0 Å². The highest BCUT2D eigenvalue weighted by atomic mass is 79.9. The van der Waals surface area contributed by atoms with Gasteiger partial charge in [0.15, 0.2) is 0 Å². The Hall–Kier alpha value is -1.28. The van der Waals surface area contributed by atoms with E-state index in [2.05, 4.69) is 42.5 Å². The van der Waals surface area contributed by atoms with Gasteiger partial charge in [0, 0.05) is 10.5 Å². The molecule has 0 unspecified atom stereocenters. The Morgan fingerprint density at radius 1 is 1.33 bits per heavy atom. The summed E-state index contributed by atoms with van der Waals surface area (Å²) < 4.78 is 6.46. The standard InChI is InChI=1S/C10H10Br2N2O4/c1-18-8-3-7(5(11)2-6(8)12)14-10(17)13-4-9(15)16/h2-3H,4H2,1H3,(H,15,16)(H2,13,14,17). The second-order valence-corrected chi connectivity index (χ2v) is 4.88. The molecule has 0 aliphatic carbocycles. The normalized spacial score (nSPS) is 9.72. The number of carboxylic acid groups (broad SMARTS) is 1. The minimum Gasteiger partial charge on any atom is -0.495 e. The first kappa shape index (κ1) is 14.8. The number of carbonyl (C=O) groups is 2. The van der Waals surface area contributed by atoms with Crippen molar-refractivity contribution >= 4 is 49.5 Å². The van der Waals surface area contributed by atoms with Crippen LogP contribution in [0.25, 0.3) is 0 Å². The van der Waals surface area contributed by atoms with E-state index in [9.17, 15) is 9.59 Å². The van der Waals surface area contributed by atoms with Gasteiger partial charge in [-0.3, -0.25) is 4.79 Å². The van der Waals surface area contributed by atoms with Crippen LogP contribution in [0.3, 0.4) is 0 Å². The number of hydrogen-bond acceptors (Lipinski definition) is 3. The maximum atomic E-state index is 11.4. The van der Waals surface area contributed by atoms with E-state index in [-0.39, 0.29) is 0 Å². The van der Waals surface area contributed by atoms with Crippen LogP contribution in [-0.4, -0.2) is 30.8 Å². The van der Waals surface area contributed by atoms with E-state index in [1.165, 1.54) is 7.11 Å². The van der Waals surface area contributed by atoms with Crippen molar-refractivity contribution < 1.29 is 19.4 Å². The van der Waals surface area contributed by atoms with E-state index < -0.39 is 18.5 Å². The molecular formula is C10H10Br2N2O4. The summed E-state index contributed by atoms with van der Waals surface area (Å²) in [5.41, 5.74) is 0.470. The monoisotopic (exact) mass is 380 g/mol. The number of amides is 2. The lowest BCUT2D eigenvalue weighted by Gasteiger charge is -2.11. The number of carboxylic acids is 1. The lowest BCUT2D eigenvalue weighted by Crippen LogP contribution is -2.33. The molecule has 8 heteroatoms. The molecule has 0 heterocycles. The summed E-state index contributed by atoms with van der Waals surface area (Å²) in [5, 5.41) is 13.1. The van der Waals surface area contributed by atoms with Crippen LogP contribution in [0.4, 0.5) is 10.5 Å². The molecule has 6 nitrogen and oxygen atoms in total. The van der Waals surface area contributed by atoms with Crippen molar-refractivity contribution in [1.29, 1.82) is 0 Å². The number of benzene rings is 1. The molecule has 3 N–H and O–H groups in total. The Kier molecular flexibility index (Phi) is 5.42. The number of methoxy groups -OCH3 is 1. The summed E-state index contributed by atoms with van der Waals surface area (Å²) in [4.78, 5) is 21.7. The average Bonchev–Trinajstić information content (AvgIpc) is 2.30. The second kappa shape index (κ2) is 6.60. The van der Waals surface area contributed by atoms with Gasteiger partial charge in [-0.15, -0.1) is 0 Å². The van der Waals surface area contributed by atoms with Crippen LogP contribution < -0.4 is 15.4 Å². The van der Waals surface area contributed by atoms with Gasteiger partial charge in [0.2, 0.25) is 0 Å². The molecule has 0 aromatic heterocycles. The van der Waals surface area contributed by atoms with Crippen molar-refractivity contribution in [2.24, 2.45) is 0 Å². The molecule has 0 spiro atoms. The van der Waals surface area contributed by atoms with Gasteiger partial charge < -0.3 is 20.5 Å². The number of nitrogens with one attached hydrogen (secondary N) is 2. The quantitative estimate of drug-likeness (QED) is 0.747. The molecular weight excluding hydrogens is 372 g/mol. The van der Waals surface area contributed by atoms with Crippen molar-refractivity contribution in [3.05, 3.63) is 21.1 Å². The highest BCUT2D eigenvalue weighted by Crippen LogP contribution is 2.34. The van der Waals surface area contributed by atoms with Gasteiger partial charge in [0.05, 0.1) is 17.3 Å². The van der Waals surface area contributed by atoms with Crippen LogP contribution in [0.1, 0.15) is 0 Å². The van der Waals surface area contributed by atoms with E-state index in [1.807, 2.05) is 0 Å². The topological polar surface area (TPSA) is 87.7 Å². The molecule has 1 aromatic carbocycles. The highest BCUT2D eigenvalue weighted by Gasteiger charge is 2.10. The smallest absolute Gasteiger partial charge is 0.323 e. The van der Waals surface area contributed by atoms with Crippen LogP contribution in [-0.2, 0) is 4.79 Å². The zero-order valence-electron chi connectivity index (χ0n) is 9.29. The van der Waals surface area contributed by atoms with Gasteiger partial charge in [0.1, 0.15) is 12.3 Å². The number of anilines is 1. The number of rotatable bonds is 4. The van der Waals surface area contributed by atoms with E-state index in [4.69, 9.17) is 9.84 Å². The number of aliphatic carboxylic acids is 1. The summed E-state index contributed by atoms with van der Waals surface area (Å²) in [6, 6.07) is 2.71. The van der Waals surface area contributed by atoms with Gasteiger partial charge >= 0.3 is 12.0 Å². The molecule has 0 atom stereocenters. The van der Waals surface area contributed by atoms with Gasteiger partial charge in [-0.1, -0.05) is 0 Å². The highest BCUT2D eigenvalue weighted by molar-refractivity contribution is 9.11. The summed E-state index contributed by atoms with van der Waals surface area (Å²) in [6.45, 7) is -0.447. The van der Waals surface area contributed by atoms with Crippen LogP contribution >= 0.6 is 31.9 Å². The fraction of sp³-hybridized carbons (Fsp3) is 0.200. The van der Waals surface area contributed by atoms with E-state index in [1.54, 1.807) is 12.1 Å². The Morgan fingerprint density at radius 3 is 2.56 bits per heavy atom. The molecule has 1 rings (SSSR count). The number of hydrogen-bond donors (Lipinski definition) is 3. The lowest BCUT2D eigenvalue weighted by atomic mass is 10.3. The molecule has 18 heavy (non-hydrogen) atoms. The second-order valence-electron chi connectivity index (χ2n) is 3.17. The van der Waals surface area contributed by atoms with Crippen molar-refractivity contribution in [1.82, 2.24) is 5.32 Å². The minimum atomic E-state index is -1.11. The maximum absolute atomic E-state index is 11.4. The van der Waals surface area contributed by atoms with Crippen LogP contribution in [0, 0.1) is 0 Å². The molecule has 98 valence electrons. The Balaban J connectivity index is 2.78. The van der Waals surface area contributed by atoms with Crippen molar-refractivity contribution in [2.45, 2.75) is 0 Å². The van der Waals surface area contributed by atoms with E-state index in [0.29, 0.717) is 15.9 Å². The average molecular weight is 382 g/mol. The summed E-state index contributed by atoms with van der Waals surface area (Å²) in [7, 11) is 1.50. The van der Waals surface area contributed by atoms with Gasteiger partial charge in [0.25, 0.3) is 0 Å². The molecule has 0 saturated carbocycles. The molecule has 2 amide bonds. The molecule has 0 bridgehead atoms. The third-order valence-corrected chi connectivity index (χ3v) is 3.17. The Labute approximate surface area is 120 Å². The zero-order valence-corrected chi connectivity index (χ0v) is 12.5. The van der Waals surface area contributed by atoms with Crippen molar-refractivity contribution in [3.63, 3.8) is 0 Å². The van der Waals surface area contributed by atoms with Crippen LogP contribution in [0.5, 0.6) is 5.75 Å². The molecule has 0 fully saturated rings. The largest absolute Gasteiger partial charge is 0.495 e. The fourth-order valence-electron chi connectivity index (χ4n) is 1.10. The number of ether oxygens (including phenoxy) is 1. The number of halogens is 2. The predicted octanol–water partition coefficient (Wildman–Crippen LogP) is 2.43. The first-order valence-electron chi connectivity index (χ1n) is 4.73. The lowest BCUT2D eigenvalue weighted by molar-refractivity contribution is -0.135. The third-order valence-electron chi connectivity index (χ3n) is 1.89. The third kappa shape index (κ3) is 4.19.